The second kappa shape index (κ2) is 5.54. The maximum atomic E-state index is 12.5. The van der Waals surface area contributed by atoms with Gasteiger partial charge in [0.05, 0.1) is 0 Å². The minimum absolute atomic E-state index is 0.457. The minimum Gasteiger partial charge on any atom is -0.323 e. The van der Waals surface area contributed by atoms with Crippen molar-refractivity contribution in [3.05, 3.63) is 51.0 Å². The summed E-state index contributed by atoms with van der Waals surface area (Å²) in [6, 6.07) is 5.54. The van der Waals surface area contributed by atoms with Crippen LogP contribution in [0.15, 0.2) is 24.4 Å². The molecule has 0 aliphatic carbocycles. The van der Waals surface area contributed by atoms with Crippen molar-refractivity contribution in [1.82, 2.24) is 4.98 Å². The highest BCUT2D eigenvalue weighted by atomic mass is 32.1. The number of aromatic nitrogens is 1. The molecule has 0 radical (unpaired) electrons. The molecule has 0 saturated carbocycles. The fraction of sp³-hybridized carbons (Fsp3) is 0.357. The number of alkyl halides is 3. The first-order chi connectivity index (χ1) is 9.27. The lowest BCUT2D eigenvalue weighted by atomic mass is 9.99. The first kappa shape index (κ1) is 15.0. The summed E-state index contributed by atoms with van der Waals surface area (Å²) in [5.41, 5.74) is 9.26. The van der Waals surface area contributed by atoms with E-state index in [1.165, 1.54) is 6.20 Å². The van der Waals surface area contributed by atoms with E-state index < -0.39 is 17.2 Å². The van der Waals surface area contributed by atoms with Crippen molar-refractivity contribution in [1.29, 1.82) is 0 Å². The lowest BCUT2D eigenvalue weighted by Crippen LogP contribution is -2.12. The van der Waals surface area contributed by atoms with Crippen LogP contribution in [0.25, 0.3) is 0 Å². The standard InChI is InChI=1S/C14H15F3N2S/c1-8-3-4-9(2)10(5-8)6-11(18)12-7-19-13(20-12)14(15,16)17/h3-5,7,11H,6,18H2,1-2H3. The summed E-state index contributed by atoms with van der Waals surface area (Å²) in [6.45, 7) is 3.94. The normalized spacial score (nSPS) is 13.5. The number of halogens is 3. The van der Waals surface area contributed by atoms with E-state index in [1.54, 1.807) is 0 Å². The van der Waals surface area contributed by atoms with Gasteiger partial charge in [0.15, 0.2) is 5.01 Å². The zero-order valence-corrected chi connectivity index (χ0v) is 12.0. The number of hydrogen-bond donors (Lipinski definition) is 1. The molecule has 1 aromatic carbocycles. The van der Waals surface area contributed by atoms with E-state index in [9.17, 15) is 13.2 Å². The van der Waals surface area contributed by atoms with Gasteiger partial charge in [-0.3, -0.25) is 0 Å². The average molecular weight is 300 g/mol. The first-order valence-electron chi connectivity index (χ1n) is 6.12. The van der Waals surface area contributed by atoms with Crippen molar-refractivity contribution < 1.29 is 13.2 Å². The molecule has 1 unspecified atom stereocenters. The van der Waals surface area contributed by atoms with Crippen molar-refractivity contribution >= 4 is 11.3 Å². The molecule has 0 amide bonds. The molecular weight excluding hydrogens is 285 g/mol. The topological polar surface area (TPSA) is 38.9 Å². The van der Waals surface area contributed by atoms with E-state index in [-0.39, 0.29) is 0 Å². The molecule has 2 nitrogen and oxygen atoms in total. The van der Waals surface area contributed by atoms with Crippen LogP contribution in [0.1, 0.15) is 32.6 Å². The van der Waals surface area contributed by atoms with Crippen molar-refractivity contribution in [2.45, 2.75) is 32.5 Å². The number of rotatable bonds is 3. The Morgan fingerprint density at radius 3 is 2.60 bits per heavy atom. The Morgan fingerprint density at radius 1 is 1.30 bits per heavy atom. The Labute approximate surface area is 119 Å². The molecule has 2 rings (SSSR count). The van der Waals surface area contributed by atoms with Gasteiger partial charge in [-0.25, -0.2) is 4.98 Å². The van der Waals surface area contributed by atoms with Gasteiger partial charge in [0.2, 0.25) is 0 Å². The second-order valence-corrected chi connectivity index (χ2v) is 5.87. The molecule has 0 spiro atoms. The van der Waals surface area contributed by atoms with E-state index in [1.807, 2.05) is 32.0 Å². The van der Waals surface area contributed by atoms with Gasteiger partial charge in [0.25, 0.3) is 0 Å². The predicted molar refractivity (Wildman–Crippen MR) is 73.7 cm³/mol. The summed E-state index contributed by atoms with van der Waals surface area (Å²) in [7, 11) is 0. The van der Waals surface area contributed by atoms with Crippen LogP contribution in [-0.2, 0) is 12.6 Å². The highest BCUT2D eigenvalue weighted by Gasteiger charge is 2.35. The van der Waals surface area contributed by atoms with Gasteiger partial charge in [-0.05, 0) is 31.4 Å². The van der Waals surface area contributed by atoms with Crippen LogP contribution in [0.3, 0.4) is 0 Å². The number of nitrogens with two attached hydrogens (primary N) is 1. The molecule has 1 aromatic heterocycles. The maximum Gasteiger partial charge on any atom is 0.443 e. The minimum atomic E-state index is -4.40. The number of thiazole rings is 1. The molecule has 1 atom stereocenters. The van der Waals surface area contributed by atoms with Gasteiger partial charge >= 0.3 is 6.18 Å². The molecule has 0 aliphatic heterocycles. The van der Waals surface area contributed by atoms with Crippen LogP contribution in [0, 0.1) is 13.8 Å². The number of nitrogens with zero attached hydrogens (tertiary/aromatic N) is 1. The Bertz CT molecular complexity index is 605. The van der Waals surface area contributed by atoms with E-state index in [2.05, 4.69) is 4.98 Å². The molecule has 20 heavy (non-hydrogen) atoms. The lowest BCUT2D eigenvalue weighted by Gasteiger charge is -2.12. The summed E-state index contributed by atoms with van der Waals surface area (Å²) < 4.78 is 37.5. The molecule has 108 valence electrons. The quantitative estimate of drug-likeness (QED) is 0.929. The molecule has 2 aromatic rings. The highest BCUT2D eigenvalue weighted by Crippen LogP contribution is 2.34. The highest BCUT2D eigenvalue weighted by molar-refractivity contribution is 7.11. The van der Waals surface area contributed by atoms with Crippen molar-refractivity contribution in [2.24, 2.45) is 5.73 Å². The van der Waals surface area contributed by atoms with E-state index >= 15 is 0 Å². The van der Waals surface area contributed by atoms with Crippen molar-refractivity contribution in [2.75, 3.05) is 0 Å². The van der Waals surface area contributed by atoms with Crippen LogP contribution in [0.4, 0.5) is 13.2 Å². The largest absolute Gasteiger partial charge is 0.443 e. The zero-order valence-electron chi connectivity index (χ0n) is 11.2. The monoisotopic (exact) mass is 300 g/mol. The van der Waals surface area contributed by atoms with Gasteiger partial charge in [0, 0.05) is 17.1 Å². The third-order valence-electron chi connectivity index (χ3n) is 3.08. The fourth-order valence-electron chi connectivity index (χ4n) is 1.95. The smallest absolute Gasteiger partial charge is 0.323 e. The van der Waals surface area contributed by atoms with Crippen molar-refractivity contribution in [3.63, 3.8) is 0 Å². The summed E-state index contributed by atoms with van der Waals surface area (Å²) in [4.78, 5) is 3.86. The molecule has 6 heteroatoms. The van der Waals surface area contributed by atoms with Gasteiger partial charge in [0.1, 0.15) is 0 Å². The van der Waals surface area contributed by atoms with Gasteiger partial charge < -0.3 is 5.73 Å². The van der Waals surface area contributed by atoms with Gasteiger partial charge in [-0.15, -0.1) is 11.3 Å². The van der Waals surface area contributed by atoms with Crippen molar-refractivity contribution in [3.8, 4) is 0 Å². The lowest BCUT2D eigenvalue weighted by molar-refractivity contribution is -0.137. The Hall–Kier alpha value is -1.40. The fourth-order valence-corrected chi connectivity index (χ4v) is 2.73. The van der Waals surface area contributed by atoms with Crippen LogP contribution < -0.4 is 5.73 Å². The van der Waals surface area contributed by atoms with Crippen LogP contribution in [0.2, 0.25) is 0 Å². The summed E-state index contributed by atoms with van der Waals surface area (Å²) in [5.74, 6) is 0. The van der Waals surface area contributed by atoms with E-state index in [0.29, 0.717) is 22.6 Å². The number of aryl methyl sites for hydroxylation is 2. The Balaban J connectivity index is 2.18. The van der Waals surface area contributed by atoms with Crippen LogP contribution in [-0.4, -0.2) is 4.98 Å². The average Bonchev–Trinajstić information content (AvgIpc) is 2.83. The molecule has 0 aliphatic rings. The van der Waals surface area contributed by atoms with Gasteiger partial charge in [-0.1, -0.05) is 23.8 Å². The van der Waals surface area contributed by atoms with E-state index in [0.717, 1.165) is 16.7 Å². The van der Waals surface area contributed by atoms with E-state index in [4.69, 9.17) is 5.73 Å². The molecule has 0 saturated heterocycles. The van der Waals surface area contributed by atoms with Crippen LogP contribution in [0.5, 0.6) is 0 Å². The molecular formula is C14H15F3N2S. The molecule has 0 fully saturated rings. The molecule has 2 N–H and O–H groups in total. The third-order valence-corrected chi connectivity index (χ3v) is 4.25. The van der Waals surface area contributed by atoms with Gasteiger partial charge in [-0.2, -0.15) is 13.2 Å². The summed E-state index contributed by atoms with van der Waals surface area (Å²) in [6.07, 6.45) is -2.67. The summed E-state index contributed by atoms with van der Waals surface area (Å²) >= 11 is 0.616. The predicted octanol–water partition coefficient (Wildman–Crippen LogP) is 4.02. The first-order valence-corrected chi connectivity index (χ1v) is 6.93. The van der Waals surface area contributed by atoms with Crippen LogP contribution >= 0.6 is 11.3 Å². The number of hydrogen-bond acceptors (Lipinski definition) is 3. The maximum absolute atomic E-state index is 12.5. The third kappa shape index (κ3) is 3.37. The Kier molecular flexibility index (Phi) is 4.15. The number of benzene rings is 1. The second-order valence-electron chi connectivity index (χ2n) is 4.81. The Morgan fingerprint density at radius 2 is 2.00 bits per heavy atom. The molecule has 1 heterocycles. The summed E-state index contributed by atoms with van der Waals surface area (Å²) in [5, 5.41) is -0.844. The SMILES string of the molecule is Cc1ccc(C)c(CC(N)c2cnc(C(F)(F)F)s2)c1. The molecule has 0 bridgehead atoms. The zero-order chi connectivity index (χ0) is 14.9.